The number of hydrogen-bond donors (Lipinski definition) is 1. The Morgan fingerprint density at radius 2 is 2.20 bits per heavy atom. The average molecular weight is 365 g/mol. The number of carbonyl (C=O) groups is 2. The van der Waals surface area contributed by atoms with Crippen LogP contribution in [0.25, 0.3) is 0 Å². The van der Waals surface area contributed by atoms with Crippen LogP contribution in [0.1, 0.15) is 38.5 Å². The van der Waals surface area contributed by atoms with Crippen LogP contribution in [0.2, 0.25) is 5.02 Å². The molecule has 0 bridgehead atoms. The molecule has 2 amide bonds. The maximum Gasteiger partial charge on any atom is 0.227 e. The third-order valence-electron chi connectivity index (χ3n) is 4.84. The third kappa shape index (κ3) is 4.40. The fourth-order valence-corrected chi connectivity index (χ4v) is 3.58. The summed E-state index contributed by atoms with van der Waals surface area (Å²) < 4.78 is 13.3. The van der Waals surface area contributed by atoms with E-state index in [0.29, 0.717) is 18.8 Å². The highest BCUT2D eigenvalue weighted by molar-refractivity contribution is 6.31. The number of benzene rings is 1. The van der Waals surface area contributed by atoms with E-state index in [1.165, 1.54) is 41.5 Å². The van der Waals surface area contributed by atoms with Gasteiger partial charge in [0, 0.05) is 25.2 Å². The second-order valence-electron chi connectivity index (χ2n) is 6.65. The fourth-order valence-electron chi connectivity index (χ4n) is 3.41. The normalized spacial score (nSPS) is 20.6. The predicted octanol–water partition coefficient (Wildman–Crippen LogP) is 3.84. The van der Waals surface area contributed by atoms with Crippen molar-refractivity contribution in [2.45, 2.75) is 38.5 Å². The molecule has 1 aliphatic carbocycles. The summed E-state index contributed by atoms with van der Waals surface area (Å²) in [6, 6.07) is 4.16. The Hall–Kier alpha value is -1.88. The van der Waals surface area contributed by atoms with Gasteiger partial charge in [0.15, 0.2) is 0 Å². The summed E-state index contributed by atoms with van der Waals surface area (Å²) in [4.78, 5) is 26.0. The summed E-state index contributed by atoms with van der Waals surface area (Å²) in [5.41, 5.74) is 1.94. The second kappa shape index (κ2) is 8.00. The molecule has 1 saturated heterocycles. The number of rotatable bonds is 5. The molecule has 1 heterocycles. The first kappa shape index (κ1) is 17.9. The Morgan fingerprint density at radius 3 is 2.92 bits per heavy atom. The van der Waals surface area contributed by atoms with Crippen LogP contribution in [0, 0.1) is 11.7 Å². The summed E-state index contributed by atoms with van der Waals surface area (Å²) in [5, 5.41) is 2.91. The Labute approximate surface area is 152 Å². The van der Waals surface area contributed by atoms with Crippen molar-refractivity contribution in [3.63, 3.8) is 0 Å². The molecule has 1 aliphatic heterocycles. The molecule has 6 heteroatoms. The van der Waals surface area contributed by atoms with Gasteiger partial charge in [-0.1, -0.05) is 23.3 Å². The molecule has 1 atom stereocenters. The van der Waals surface area contributed by atoms with Crippen LogP contribution in [-0.4, -0.2) is 24.9 Å². The minimum atomic E-state index is -0.525. The lowest BCUT2D eigenvalue weighted by Crippen LogP contribution is -2.33. The van der Waals surface area contributed by atoms with Crippen molar-refractivity contribution in [3.05, 3.63) is 40.7 Å². The zero-order chi connectivity index (χ0) is 17.8. The molecule has 1 fully saturated rings. The first-order chi connectivity index (χ1) is 12.0. The molecular formula is C19H22ClFN2O2. The van der Waals surface area contributed by atoms with Gasteiger partial charge in [0.2, 0.25) is 11.8 Å². The summed E-state index contributed by atoms with van der Waals surface area (Å²) in [6.07, 6.45) is 8.06. The molecule has 2 aliphatic rings. The monoisotopic (exact) mass is 364 g/mol. The van der Waals surface area contributed by atoms with Crippen molar-refractivity contribution in [2.75, 3.05) is 18.0 Å². The van der Waals surface area contributed by atoms with Gasteiger partial charge in [-0.05, 0) is 50.3 Å². The van der Waals surface area contributed by atoms with E-state index in [1.807, 2.05) is 0 Å². The lowest BCUT2D eigenvalue weighted by Gasteiger charge is -2.17. The molecule has 0 unspecified atom stereocenters. The van der Waals surface area contributed by atoms with Crippen LogP contribution in [-0.2, 0) is 9.59 Å². The standard InChI is InChI=1S/C19H22ClFN2O2/c20-16-11-15(6-7-17(16)21)23-12-14(10-18(23)24)19(25)22-9-8-13-4-2-1-3-5-13/h4,6-7,11,14H,1-3,5,8-10,12H2,(H,22,25)/t14-/m0/s1. The highest BCUT2D eigenvalue weighted by atomic mass is 35.5. The Bertz CT molecular complexity index is 705. The Morgan fingerprint density at radius 1 is 1.36 bits per heavy atom. The van der Waals surface area contributed by atoms with E-state index in [2.05, 4.69) is 11.4 Å². The SMILES string of the molecule is O=C(NCCC1=CCCCC1)[C@H]1CC(=O)N(c2ccc(F)c(Cl)c2)C1. The van der Waals surface area contributed by atoms with Gasteiger partial charge in [-0.15, -0.1) is 0 Å². The van der Waals surface area contributed by atoms with Crippen LogP contribution in [0.4, 0.5) is 10.1 Å². The van der Waals surface area contributed by atoms with Crippen LogP contribution in [0.15, 0.2) is 29.8 Å². The van der Waals surface area contributed by atoms with Crippen molar-refractivity contribution in [1.29, 1.82) is 0 Å². The Balaban J connectivity index is 1.53. The van der Waals surface area contributed by atoms with Gasteiger partial charge in [-0.3, -0.25) is 9.59 Å². The Kier molecular flexibility index (Phi) is 5.74. The first-order valence-corrected chi connectivity index (χ1v) is 9.13. The molecule has 1 aromatic rings. The molecule has 1 aromatic carbocycles. The van der Waals surface area contributed by atoms with Crippen LogP contribution >= 0.6 is 11.6 Å². The zero-order valence-electron chi connectivity index (χ0n) is 14.1. The van der Waals surface area contributed by atoms with Crippen LogP contribution < -0.4 is 10.2 Å². The molecule has 0 aromatic heterocycles. The van der Waals surface area contributed by atoms with Gasteiger partial charge < -0.3 is 10.2 Å². The fraction of sp³-hybridized carbons (Fsp3) is 0.474. The molecule has 0 saturated carbocycles. The van der Waals surface area contributed by atoms with Gasteiger partial charge in [-0.25, -0.2) is 4.39 Å². The van der Waals surface area contributed by atoms with E-state index in [9.17, 15) is 14.0 Å². The molecule has 0 spiro atoms. The molecular weight excluding hydrogens is 343 g/mol. The zero-order valence-corrected chi connectivity index (χ0v) is 14.8. The highest BCUT2D eigenvalue weighted by Gasteiger charge is 2.35. The number of anilines is 1. The number of amides is 2. The first-order valence-electron chi connectivity index (χ1n) is 8.75. The van der Waals surface area contributed by atoms with Crippen molar-refractivity contribution in [2.24, 2.45) is 5.92 Å². The lowest BCUT2D eigenvalue weighted by atomic mass is 9.97. The number of nitrogens with zero attached hydrogens (tertiary/aromatic N) is 1. The largest absolute Gasteiger partial charge is 0.355 e. The third-order valence-corrected chi connectivity index (χ3v) is 5.13. The summed E-state index contributed by atoms with van der Waals surface area (Å²) in [5.74, 6) is -1.14. The topological polar surface area (TPSA) is 49.4 Å². The maximum atomic E-state index is 13.3. The smallest absolute Gasteiger partial charge is 0.227 e. The van der Waals surface area contributed by atoms with E-state index in [-0.39, 0.29) is 29.2 Å². The van der Waals surface area contributed by atoms with Gasteiger partial charge in [0.1, 0.15) is 5.82 Å². The van der Waals surface area contributed by atoms with Gasteiger partial charge in [-0.2, -0.15) is 0 Å². The van der Waals surface area contributed by atoms with E-state index in [1.54, 1.807) is 0 Å². The molecule has 134 valence electrons. The van der Waals surface area contributed by atoms with E-state index < -0.39 is 5.82 Å². The molecule has 25 heavy (non-hydrogen) atoms. The van der Waals surface area contributed by atoms with Crippen LogP contribution in [0.3, 0.4) is 0 Å². The van der Waals surface area contributed by atoms with Crippen molar-refractivity contribution < 1.29 is 14.0 Å². The maximum absolute atomic E-state index is 13.3. The number of hydrogen-bond acceptors (Lipinski definition) is 2. The van der Waals surface area contributed by atoms with E-state index in [0.717, 1.165) is 19.3 Å². The predicted molar refractivity (Wildman–Crippen MR) is 96.0 cm³/mol. The minimum absolute atomic E-state index is 0.0287. The van der Waals surface area contributed by atoms with Crippen molar-refractivity contribution >= 4 is 29.1 Å². The number of carbonyl (C=O) groups excluding carboxylic acids is 2. The van der Waals surface area contributed by atoms with Gasteiger partial charge in [0.25, 0.3) is 0 Å². The van der Waals surface area contributed by atoms with Crippen LogP contribution in [0.5, 0.6) is 0 Å². The quantitative estimate of drug-likeness (QED) is 0.807. The average Bonchev–Trinajstić information content (AvgIpc) is 3.00. The van der Waals surface area contributed by atoms with Gasteiger partial charge in [0.05, 0.1) is 10.9 Å². The number of nitrogens with one attached hydrogen (secondary N) is 1. The van der Waals surface area contributed by atoms with Crippen molar-refractivity contribution in [3.8, 4) is 0 Å². The summed E-state index contributed by atoms with van der Waals surface area (Å²) in [6.45, 7) is 0.910. The summed E-state index contributed by atoms with van der Waals surface area (Å²) >= 11 is 5.78. The molecule has 0 radical (unpaired) electrons. The van der Waals surface area contributed by atoms with E-state index in [4.69, 9.17) is 11.6 Å². The van der Waals surface area contributed by atoms with Crippen molar-refractivity contribution in [1.82, 2.24) is 5.32 Å². The highest BCUT2D eigenvalue weighted by Crippen LogP contribution is 2.28. The number of halogens is 2. The number of allylic oxidation sites excluding steroid dienone is 1. The molecule has 4 nitrogen and oxygen atoms in total. The van der Waals surface area contributed by atoms with E-state index >= 15 is 0 Å². The lowest BCUT2D eigenvalue weighted by molar-refractivity contribution is -0.126. The summed E-state index contributed by atoms with van der Waals surface area (Å²) in [7, 11) is 0. The van der Waals surface area contributed by atoms with Gasteiger partial charge >= 0.3 is 0 Å². The molecule has 1 N–H and O–H groups in total. The molecule has 3 rings (SSSR count). The minimum Gasteiger partial charge on any atom is -0.355 e. The second-order valence-corrected chi connectivity index (χ2v) is 7.06.